The van der Waals surface area contributed by atoms with Crippen LogP contribution in [0.4, 0.5) is 0 Å². The summed E-state index contributed by atoms with van der Waals surface area (Å²) in [6, 6.07) is 7.42. The maximum atomic E-state index is 12.2. The second-order valence-electron chi connectivity index (χ2n) is 6.24. The summed E-state index contributed by atoms with van der Waals surface area (Å²) < 4.78 is 5.30. The Morgan fingerprint density at radius 2 is 1.91 bits per heavy atom. The largest absolute Gasteiger partial charge is 0.449 e. The molecule has 1 N–H and O–H groups in total. The predicted octanol–water partition coefficient (Wildman–Crippen LogP) is 3.24. The molecule has 3 atom stereocenters. The SMILES string of the molecule is Cc1ccccc1C(=O)O[C@H](C)C(=O)N[C@H]1CCCC[C@@H]1C. The molecule has 0 radical (unpaired) electrons. The average molecular weight is 303 g/mol. The average Bonchev–Trinajstić information content (AvgIpc) is 2.49. The fraction of sp³-hybridized carbons (Fsp3) is 0.556. The van der Waals surface area contributed by atoms with Crippen LogP contribution >= 0.6 is 0 Å². The van der Waals surface area contributed by atoms with Crippen molar-refractivity contribution in [1.29, 1.82) is 0 Å². The van der Waals surface area contributed by atoms with Crippen LogP contribution in [0.2, 0.25) is 0 Å². The van der Waals surface area contributed by atoms with E-state index < -0.39 is 12.1 Å². The van der Waals surface area contributed by atoms with Gasteiger partial charge in [0.15, 0.2) is 6.10 Å². The van der Waals surface area contributed by atoms with Crippen molar-refractivity contribution in [3.8, 4) is 0 Å². The number of hydrogen-bond acceptors (Lipinski definition) is 3. The minimum atomic E-state index is -0.777. The number of rotatable bonds is 4. The monoisotopic (exact) mass is 303 g/mol. The lowest BCUT2D eigenvalue weighted by Crippen LogP contribution is -2.46. The van der Waals surface area contributed by atoms with E-state index in [9.17, 15) is 9.59 Å². The van der Waals surface area contributed by atoms with E-state index in [1.165, 1.54) is 6.42 Å². The van der Waals surface area contributed by atoms with Crippen molar-refractivity contribution in [2.75, 3.05) is 0 Å². The molecule has 1 aromatic carbocycles. The standard InChI is InChI=1S/C18H25NO3/c1-12-8-4-6-10-15(12)18(21)22-14(3)17(20)19-16-11-7-5-9-13(16)2/h4,6,8,10,13-14,16H,5,7,9,11H2,1-3H3,(H,19,20)/t13-,14+,16-/m0/s1. The molecule has 0 aromatic heterocycles. The molecule has 1 aliphatic rings. The number of carbonyl (C=O) groups is 2. The molecule has 1 aliphatic carbocycles. The van der Waals surface area contributed by atoms with Gasteiger partial charge in [-0.15, -0.1) is 0 Å². The highest BCUT2D eigenvalue weighted by molar-refractivity contribution is 5.93. The predicted molar refractivity (Wildman–Crippen MR) is 85.6 cm³/mol. The first kappa shape index (κ1) is 16.5. The van der Waals surface area contributed by atoms with Crippen molar-refractivity contribution in [1.82, 2.24) is 5.32 Å². The van der Waals surface area contributed by atoms with Gasteiger partial charge in [-0.25, -0.2) is 4.79 Å². The molecular weight excluding hydrogens is 278 g/mol. The molecular formula is C18H25NO3. The van der Waals surface area contributed by atoms with Gasteiger partial charge in [0.25, 0.3) is 5.91 Å². The molecule has 120 valence electrons. The Kier molecular flexibility index (Phi) is 5.58. The van der Waals surface area contributed by atoms with Crippen LogP contribution in [0.5, 0.6) is 0 Å². The van der Waals surface area contributed by atoms with Crippen molar-refractivity contribution in [2.45, 2.75) is 58.6 Å². The first-order valence-corrected chi connectivity index (χ1v) is 8.06. The second kappa shape index (κ2) is 7.43. The van der Waals surface area contributed by atoms with Gasteiger partial charge in [0, 0.05) is 6.04 Å². The molecule has 1 aromatic rings. The molecule has 1 fully saturated rings. The Balaban J connectivity index is 1.91. The topological polar surface area (TPSA) is 55.4 Å². The summed E-state index contributed by atoms with van der Waals surface area (Å²) in [7, 11) is 0. The van der Waals surface area contributed by atoms with E-state index >= 15 is 0 Å². The van der Waals surface area contributed by atoms with Gasteiger partial charge in [-0.05, 0) is 44.2 Å². The van der Waals surface area contributed by atoms with Gasteiger partial charge in [0.2, 0.25) is 0 Å². The lowest BCUT2D eigenvalue weighted by molar-refractivity contribution is -0.130. The van der Waals surface area contributed by atoms with Crippen LogP contribution in [0.15, 0.2) is 24.3 Å². The number of benzene rings is 1. The quantitative estimate of drug-likeness (QED) is 0.869. The van der Waals surface area contributed by atoms with Crippen molar-refractivity contribution < 1.29 is 14.3 Å². The zero-order valence-corrected chi connectivity index (χ0v) is 13.6. The Labute approximate surface area is 132 Å². The van der Waals surface area contributed by atoms with Crippen LogP contribution in [0.25, 0.3) is 0 Å². The van der Waals surface area contributed by atoms with Crippen LogP contribution < -0.4 is 5.32 Å². The smallest absolute Gasteiger partial charge is 0.339 e. The first-order valence-electron chi connectivity index (χ1n) is 8.06. The second-order valence-corrected chi connectivity index (χ2v) is 6.24. The number of carbonyl (C=O) groups excluding carboxylic acids is 2. The van der Waals surface area contributed by atoms with E-state index in [2.05, 4.69) is 12.2 Å². The van der Waals surface area contributed by atoms with E-state index in [0.717, 1.165) is 24.8 Å². The van der Waals surface area contributed by atoms with Gasteiger partial charge >= 0.3 is 5.97 Å². The maximum absolute atomic E-state index is 12.2. The normalized spacial score (nSPS) is 22.7. The van der Waals surface area contributed by atoms with Crippen LogP contribution in [-0.4, -0.2) is 24.0 Å². The fourth-order valence-electron chi connectivity index (χ4n) is 2.91. The fourth-order valence-corrected chi connectivity index (χ4v) is 2.91. The highest BCUT2D eigenvalue weighted by Crippen LogP contribution is 2.23. The molecule has 0 aliphatic heterocycles. The minimum absolute atomic E-state index is 0.195. The maximum Gasteiger partial charge on any atom is 0.339 e. The summed E-state index contributed by atoms with van der Waals surface area (Å²) in [5, 5.41) is 3.02. The number of esters is 1. The van der Waals surface area contributed by atoms with Crippen LogP contribution in [0.1, 0.15) is 55.5 Å². The molecule has 0 bridgehead atoms. The molecule has 1 saturated carbocycles. The number of hydrogen-bond donors (Lipinski definition) is 1. The molecule has 1 amide bonds. The highest BCUT2D eigenvalue weighted by atomic mass is 16.5. The lowest BCUT2D eigenvalue weighted by Gasteiger charge is -2.30. The van der Waals surface area contributed by atoms with Gasteiger partial charge < -0.3 is 10.1 Å². The summed E-state index contributed by atoms with van der Waals surface area (Å²) in [6.07, 6.45) is 3.74. The third-order valence-electron chi connectivity index (χ3n) is 4.46. The number of aryl methyl sites for hydroxylation is 1. The van der Waals surface area contributed by atoms with Gasteiger partial charge in [-0.1, -0.05) is 38.0 Å². The van der Waals surface area contributed by atoms with Crippen LogP contribution in [-0.2, 0) is 9.53 Å². The Bertz CT molecular complexity index is 541. The van der Waals surface area contributed by atoms with Crippen molar-refractivity contribution in [2.24, 2.45) is 5.92 Å². The van der Waals surface area contributed by atoms with Gasteiger partial charge in [-0.2, -0.15) is 0 Å². The molecule has 22 heavy (non-hydrogen) atoms. The summed E-state index contributed by atoms with van der Waals surface area (Å²) in [5.74, 6) is -0.171. The number of ether oxygens (including phenoxy) is 1. The van der Waals surface area contributed by atoms with Crippen molar-refractivity contribution >= 4 is 11.9 Å². The van der Waals surface area contributed by atoms with E-state index in [4.69, 9.17) is 4.74 Å². The molecule has 2 rings (SSSR count). The minimum Gasteiger partial charge on any atom is -0.449 e. The van der Waals surface area contributed by atoms with Crippen LogP contribution in [0, 0.1) is 12.8 Å². The Morgan fingerprint density at radius 1 is 1.23 bits per heavy atom. The van der Waals surface area contributed by atoms with Gasteiger partial charge in [-0.3, -0.25) is 4.79 Å². The Morgan fingerprint density at radius 3 is 2.59 bits per heavy atom. The first-order chi connectivity index (χ1) is 10.5. The Hall–Kier alpha value is -1.84. The molecule has 4 heteroatoms. The summed E-state index contributed by atoms with van der Waals surface area (Å²) in [5.41, 5.74) is 1.36. The number of nitrogens with one attached hydrogen (secondary N) is 1. The summed E-state index contributed by atoms with van der Waals surface area (Å²) in [4.78, 5) is 24.4. The molecule has 0 unspecified atom stereocenters. The zero-order valence-electron chi connectivity index (χ0n) is 13.6. The summed E-state index contributed by atoms with van der Waals surface area (Å²) in [6.45, 7) is 5.64. The van der Waals surface area contributed by atoms with Crippen molar-refractivity contribution in [3.05, 3.63) is 35.4 Å². The van der Waals surface area contributed by atoms with Crippen LogP contribution in [0.3, 0.4) is 0 Å². The van der Waals surface area contributed by atoms with E-state index in [1.54, 1.807) is 19.1 Å². The molecule has 0 heterocycles. The third-order valence-corrected chi connectivity index (χ3v) is 4.46. The van der Waals surface area contributed by atoms with Crippen molar-refractivity contribution in [3.63, 3.8) is 0 Å². The molecule has 4 nitrogen and oxygen atoms in total. The van der Waals surface area contributed by atoms with E-state index in [1.807, 2.05) is 19.1 Å². The molecule has 0 saturated heterocycles. The number of amides is 1. The van der Waals surface area contributed by atoms with Gasteiger partial charge in [0.1, 0.15) is 0 Å². The van der Waals surface area contributed by atoms with E-state index in [-0.39, 0.29) is 11.9 Å². The zero-order chi connectivity index (χ0) is 16.1. The summed E-state index contributed by atoms with van der Waals surface area (Å²) >= 11 is 0. The van der Waals surface area contributed by atoms with E-state index in [0.29, 0.717) is 11.5 Å². The highest BCUT2D eigenvalue weighted by Gasteiger charge is 2.26. The molecule has 0 spiro atoms. The van der Waals surface area contributed by atoms with Gasteiger partial charge in [0.05, 0.1) is 5.56 Å². The lowest BCUT2D eigenvalue weighted by atomic mass is 9.86. The third kappa shape index (κ3) is 4.09.